The van der Waals surface area contributed by atoms with Crippen molar-refractivity contribution in [2.75, 3.05) is 11.1 Å². The molecule has 1 heterocycles. The zero-order chi connectivity index (χ0) is 16.2. The minimum Gasteiger partial charge on any atom is -0.369 e. The van der Waals surface area contributed by atoms with Crippen LogP contribution < -0.4 is 11.1 Å². The van der Waals surface area contributed by atoms with Crippen molar-refractivity contribution >= 4 is 50.7 Å². The summed E-state index contributed by atoms with van der Waals surface area (Å²) in [5, 5.41) is 3.96. The number of primary amides is 1. The minimum atomic E-state index is -0.388. The summed E-state index contributed by atoms with van der Waals surface area (Å²) >= 11 is 2.77. The summed E-state index contributed by atoms with van der Waals surface area (Å²) < 4.78 is 1.08. The van der Waals surface area contributed by atoms with Crippen molar-refractivity contribution in [2.24, 2.45) is 5.73 Å². The summed E-state index contributed by atoms with van der Waals surface area (Å²) in [7, 11) is 0. The van der Waals surface area contributed by atoms with E-state index in [4.69, 9.17) is 5.73 Å². The number of amides is 2. The molecule has 0 aliphatic rings. The lowest BCUT2D eigenvalue weighted by Crippen LogP contribution is -2.14. The van der Waals surface area contributed by atoms with Gasteiger partial charge in [0.25, 0.3) is 5.91 Å². The zero-order valence-corrected chi connectivity index (χ0v) is 13.7. The van der Waals surface area contributed by atoms with Gasteiger partial charge in [0.05, 0.1) is 16.3 Å². The predicted octanol–water partition coefficient (Wildman–Crippen LogP) is 3.73. The normalized spacial score (nSPS) is 10.6. The molecular weight excluding hydrogens is 328 g/mol. The van der Waals surface area contributed by atoms with Crippen LogP contribution in [0.15, 0.2) is 59.5 Å². The average Bonchev–Trinajstić information content (AvgIpc) is 2.98. The third-order valence-corrected chi connectivity index (χ3v) is 5.37. The van der Waals surface area contributed by atoms with Gasteiger partial charge < -0.3 is 11.1 Å². The number of fused-ring (bicyclic) bond motifs is 1. The van der Waals surface area contributed by atoms with Crippen molar-refractivity contribution < 1.29 is 9.59 Å². The van der Waals surface area contributed by atoms with Gasteiger partial charge in [-0.3, -0.25) is 9.59 Å². The van der Waals surface area contributed by atoms with E-state index in [0.29, 0.717) is 10.6 Å². The molecule has 0 unspecified atom stereocenters. The van der Waals surface area contributed by atoms with Crippen LogP contribution in [0.1, 0.15) is 9.67 Å². The minimum absolute atomic E-state index is 0.154. The van der Waals surface area contributed by atoms with Gasteiger partial charge in [0, 0.05) is 9.60 Å². The Morgan fingerprint density at radius 3 is 2.61 bits per heavy atom. The van der Waals surface area contributed by atoms with Gasteiger partial charge in [0.1, 0.15) is 0 Å². The Morgan fingerprint density at radius 2 is 1.83 bits per heavy atom. The van der Waals surface area contributed by atoms with E-state index in [9.17, 15) is 9.59 Å². The number of thiophene rings is 1. The van der Waals surface area contributed by atoms with E-state index in [1.165, 1.54) is 23.1 Å². The van der Waals surface area contributed by atoms with Crippen molar-refractivity contribution in [3.8, 4) is 0 Å². The molecule has 2 aromatic carbocycles. The first-order valence-electron chi connectivity index (χ1n) is 6.93. The summed E-state index contributed by atoms with van der Waals surface area (Å²) in [6.45, 7) is 0. The highest BCUT2D eigenvalue weighted by atomic mass is 32.2. The van der Waals surface area contributed by atoms with Crippen molar-refractivity contribution in [3.63, 3.8) is 0 Å². The first-order valence-corrected chi connectivity index (χ1v) is 8.74. The Bertz CT molecular complexity index is 841. The summed E-state index contributed by atoms with van der Waals surface area (Å²) in [4.78, 5) is 24.9. The predicted molar refractivity (Wildman–Crippen MR) is 96.1 cm³/mol. The molecule has 3 N–H and O–H groups in total. The average molecular weight is 342 g/mol. The van der Waals surface area contributed by atoms with Crippen LogP contribution in [-0.2, 0) is 4.79 Å². The van der Waals surface area contributed by atoms with Crippen LogP contribution in [0.3, 0.4) is 0 Å². The maximum Gasteiger partial charge on any atom is 0.265 e. The molecule has 116 valence electrons. The standard InChI is InChI=1S/C17H14N2O2S2/c18-16(20)10-22-14-8-4-2-6-12(14)19-17(21)15-9-11-5-1-3-7-13(11)23-15/h1-9H,10H2,(H2,18,20)(H,19,21). The molecule has 0 aliphatic heterocycles. The third-order valence-electron chi connectivity index (χ3n) is 3.15. The number of carbonyl (C=O) groups is 2. The number of nitrogens with two attached hydrogens (primary N) is 1. The highest BCUT2D eigenvalue weighted by Crippen LogP contribution is 2.29. The number of nitrogens with one attached hydrogen (secondary N) is 1. The van der Waals surface area contributed by atoms with E-state index in [1.807, 2.05) is 54.6 Å². The van der Waals surface area contributed by atoms with Crippen LogP contribution in [0.2, 0.25) is 0 Å². The number of para-hydroxylation sites is 1. The van der Waals surface area contributed by atoms with Crippen LogP contribution >= 0.6 is 23.1 Å². The molecule has 6 heteroatoms. The molecule has 0 fully saturated rings. The molecule has 0 saturated carbocycles. The number of anilines is 1. The Morgan fingerprint density at radius 1 is 1.09 bits per heavy atom. The highest BCUT2D eigenvalue weighted by molar-refractivity contribution is 8.00. The van der Waals surface area contributed by atoms with Gasteiger partial charge in [-0.2, -0.15) is 0 Å². The Labute approximate surface area is 141 Å². The van der Waals surface area contributed by atoms with E-state index >= 15 is 0 Å². The van der Waals surface area contributed by atoms with Gasteiger partial charge in [-0.25, -0.2) is 0 Å². The molecule has 0 atom stereocenters. The molecule has 0 bridgehead atoms. The molecule has 2 amide bonds. The Hall–Kier alpha value is -2.31. The molecule has 4 nitrogen and oxygen atoms in total. The molecule has 3 rings (SSSR count). The van der Waals surface area contributed by atoms with E-state index < -0.39 is 0 Å². The van der Waals surface area contributed by atoms with E-state index in [1.54, 1.807) is 0 Å². The fraction of sp³-hybridized carbons (Fsp3) is 0.0588. The van der Waals surface area contributed by atoms with E-state index in [-0.39, 0.29) is 17.6 Å². The molecule has 3 aromatic rings. The second-order valence-corrected chi connectivity index (χ2v) is 6.95. The van der Waals surface area contributed by atoms with Crippen molar-refractivity contribution in [1.82, 2.24) is 0 Å². The monoisotopic (exact) mass is 342 g/mol. The molecule has 1 aromatic heterocycles. The quantitative estimate of drug-likeness (QED) is 0.694. The highest BCUT2D eigenvalue weighted by Gasteiger charge is 2.12. The lowest BCUT2D eigenvalue weighted by molar-refractivity contribution is -0.115. The lowest BCUT2D eigenvalue weighted by Gasteiger charge is -2.09. The van der Waals surface area contributed by atoms with Gasteiger partial charge >= 0.3 is 0 Å². The number of carbonyl (C=O) groups excluding carboxylic acids is 2. The summed E-state index contributed by atoms with van der Waals surface area (Å²) in [5.74, 6) is -0.366. The molecule has 0 saturated heterocycles. The fourth-order valence-electron chi connectivity index (χ4n) is 2.12. The molecule has 0 spiro atoms. The Balaban J connectivity index is 1.81. The number of thioether (sulfide) groups is 1. The van der Waals surface area contributed by atoms with Gasteiger partial charge in [-0.05, 0) is 29.7 Å². The molecule has 0 aliphatic carbocycles. The molecular formula is C17H14N2O2S2. The Kier molecular flexibility index (Phi) is 4.64. The maximum absolute atomic E-state index is 12.5. The lowest BCUT2D eigenvalue weighted by atomic mass is 10.2. The topological polar surface area (TPSA) is 72.2 Å². The van der Waals surface area contributed by atoms with Crippen LogP contribution in [0.5, 0.6) is 0 Å². The summed E-state index contributed by atoms with van der Waals surface area (Å²) in [6, 6.07) is 17.1. The fourth-order valence-corrected chi connectivity index (χ4v) is 3.83. The smallest absolute Gasteiger partial charge is 0.265 e. The summed E-state index contributed by atoms with van der Waals surface area (Å²) in [6.07, 6.45) is 0. The van der Waals surface area contributed by atoms with Crippen LogP contribution in [0, 0.1) is 0 Å². The van der Waals surface area contributed by atoms with Gasteiger partial charge in [0.2, 0.25) is 5.91 Å². The zero-order valence-electron chi connectivity index (χ0n) is 12.1. The van der Waals surface area contributed by atoms with Crippen molar-refractivity contribution in [1.29, 1.82) is 0 Å². The van der Waals surface area contributed by atoms with Crippen molar-refractivity contribution in [2.45, 2.75) is 4.90 Å². The molecule has 23 heavy (non-hydrogen) atoms. The number of hydrogen-bond acceptors (Lipinski definition) is 4. The van der Waals surface area contributed by atoms with Crippen LogP contribution in [0.4, 0.5) is 5.69 Å². The van der Waals surface area contributed by atoms with Gasteiger partial charge in [-0.15, -0.1) is 23.1 Å². The molecule has 0 radical (unpaired) electrons. The number of benzene rings is 2. The third kappa shape index (κ3) is 3.72. The van der Waals surface area contributed by atoms with Crippen LogP contribution in [0.25, 0.3) is 10.1 Å². The van der Waals surface area contributed by atoms with E-state index in [0.717, 1.165) is 15.0 Å². The van der Waals surface area contributed by atoms with Crippen molar-refractivity contribution in [3.05, 3.63) is 59.5 Å². The largest absolute Gasteiger partial charge is 0.369 e. The summed E-state index contributed by atoms with van der Waals surface area (Å²) in [5.41, 5.74) is 5.86. The first kappa shape index (κ1) is 15.6. The number of hydrogen-bond donors (Lipinski definition) is 2. The van der Waals surface area contributed by atoms with E-state index in [2.05, 4.69) is 5.32 Å². The first-order chi connectivity index (χ1) is 11.1. The van der Waals surface area contributed by atoms with Gasteiger partial charge in [-0.1, -0.05) is 30.3 Å². The van der Waals surface area contributed by atoms with Gasteiger partial charge in [0.15, 0.2) is 0 Å². The number of rotatable bonds is 5. The maximum atomic E-state index is 12.5. The second kappa shape index (κ2) is 6.85. The second-order valence-electron chi connectivity index (χ2n) is 4.85. The van der Waals surface area contributed by atoms with Crippen LogP contribution in [-0.4, -0.2) is 17.6 Å². The SMILES string of the molecule is NC(=O)CSc1ccccc1NC(=O)c1cc2ccccc2s1.